The predicted molar refractivity (Wildman–Crippen MR) is 301 cm³/mol. The van der Waals surface area contributed by atoms with Gasteiger partial charge in [0.2, 0.25) is 0 Å². The van der Waals surface area contributed by atoms with Gasteiger partial charge in [0.15, 0.2) is 0 Å². The second-order valence-electron chi connectivity index (χ2n) is 23.9. The molecule has 6 nitrogen and oxygen atoms in total. The first-order chi connectivity index (χ1) is 33.7. The number of unbranched alkanes of at least 4 members (excludes halogenated alkanes) is 33. The Kier molecular flexibility index (Phi) is 48.9. The zero-order valence-electron chi connectivity index (χ0n) is 48.0. The van der Waals surface area contributed by atoms with E-state index in [1.165, 1.54) is 244 Å². The Morgan fingerprint density at radius 3 is 0.870 bits per heavy atom. The minimum atomic E-state index is -0.486. The zero-order chi connectivity index (χ0) is 50.0. The van der Waals surface area contributed by atoms with Gasteiger partial charge in [0, 0.05) is 26.4 Å². The van der Waals surface area contributed by atoms with E-state index in [2.05, 4.69) is 46.4 Å². The Morgan fingerprint density at radius 1 is 0.362 bits per heavy atom. The second-order valence-corrected chi connectivity index (χ2v) is 23.9. The summed E-state index contributed by atoms with van der Waals surface area (Å²) in [5.41, 5.74) is -0.486. The van der Waals surface area contributed by atoms with Gasteiger partial charge in [-0.05, 0) is 62.9 Å². The topological polar surface area (TPSA) is 57.2 Å². The number of carbonyl (C=O) groups excluding carboxylic acids is 1. The monoisotopic (exact) mass is 976 g/mol. The summed E-state index contributed by atoms with van der Waals surface area (Å²) in [6, 6.07) is 0. The first-order valence-electron chi connectivity index (χ1n) is 31.3. The number of esters is 1. The van der Waals surface area contributed by atoms with Crippen molar-refractivity contribution in [1.29, 1.82) is 0 Å². The van der Waals surface area contributed by atoms with Crippen molar-refractivity contribution in [1.82, 2.24) is 4.90 Å². The zero-order valence-corrected chi connectivity index (χ0v) is 48.0. The predicted octanol–water partition coefficient (Wildman–Crippen LogP) is 19.2. The second kappa shape index (κ2) is 50.8. The minimum absolute atomic E-state index is 0.101. The van der Waals surface area contributed by atoms with Crippen molar-refractivity contribution in [2.24, 2.45) is 23.2 Å². The molecule has 1 rings (SSSR count). The van der Waals surface area contributed by atoms with Gasteiger partial charge in [-0.1, -0.05) is 273 Å². The number of likely N-dealkylation sites (tertiary alicyclic amines) is 1. The van der Waals surface area contributed by atoms with Gasteiger partial charge in [-0.25, -0.2) is 0 Å². The summed E-state index contributed by atoms with van der Waals surface area (Å²) in [4.78, 5) is 15.6. The third-order valence-corrected chi connectivity index (χ3v) is 15.1. The van der Waals surface area contributed by atoms with Crippen LogP contribution in [0.5, 0.6) is 0 Å². The van der Waals surface area contributed by atoms with Gasteiger partial charge in [-0.2, -0.15) is 0 Å². The molecule has 69 heavy (non-hydrogen) atoms. The molecule has 1 aliphatic heterocycles. The molecule has 0 bridgehead atoms. The average Bonchev–Trinajstić information content (AvgIpc) is 3.86. The molecule has 0 spiro atoms. The van der Waals surface area contributed by atoms with Crippen molar-refractivity contribution < 1.29 is 23.7 Å². The van der Waals surface area contributed by atoms with E-state index < -0.39 is 5.41 Å². The highest BCUT2D eigenvalue weighted by molar-refractivity contribution is 5.69. The van der Waals surface area contributed by atoms with Gasteiger partial charge in [0.25, 0.3) is 0 Å². The van der Waals surface area contributed by atoms with Crippen LogP contribution in [0.4, 0.5) is 0 Å². The number of hydrogen-bond donors (Lipinski definition) is 0. The van der Waals surface area contributed by atoms with Crippen LogP contribution in [-0.4, -0.2) is 76.8 Å². The molecule has 1 fully saturated rings. The summed E-state index contributed by atoms with van der Waals surface area (Å²) in [7, 11) is 0. The Hall–Kier alpha value is -0.690. The molecular formula is C63H125NO5. The van der Waals surface area contributed by atoms with Crippen molar-refractivity contribution in [3.63, 3.8) is 0 Å². The van der Waals surface area contributed by atoms with E-state index in [-0.39, 0.29) is 5.97 Å². The summed E-state index contributed by atoms with van der Waals surface area (Å²) in [6.07, 6.45) is 55.6. The fraction of sp³-hybridized carbons (Fsp3) is 0.984. The van der Waals surface area contributed by atoms with Crippen molar-refractivity contribution in [2.45, 2.75) is 311 Å². The normalized spacial score (nSPS) is 13.6. The van der Waals surface area contributed by atoms with E-state index >= 15 is 0 Å². The van der Waals surface area contributed by atoms with Gasteiger partial charge in [0.05, 0.1) is 31.7 Å². The van der Waals surface area contributed by atoms with Gasteiger partial charge in [-0.3, -0.25) is 4.79 Å². The van der Waals surface area contributed by atoms with Gasteiger partial charge >= 0.3 is 5.97 Å². The average molecular weight is 977 g/mol. The van der Waals surface area contributed by atoms with Gasteiger partial charge < -0.3 is 23.8 Å². The summed E-state index contributed by atoms with van der Waals surface area (Å²) < 4.78 is 25.6. The lowest BCUT2D eigenvalue weighted by Gasteiger charge is -2.33. The quantitative estimate of drug-likeness (QED) is 0.0447. The summed E-state index contributed by atoms with van der Waals surface area (Å²) in [5.74, 6) is 2.46. The lowest BCUT2D eigenvalue weighted by atomic mass is 9.92. The molecule has 0 aromatic rings. The van der Waals surface area contributed by atoms with Crippen LogP contribution in [0.2, 0.25) is 0 Å². The number of hydrogen-bond acceptors (Lipinski definition) is 6. The van der Waals surface area contributed by atoms with Crippen molar-refractivity contribution in [2.75, 3.05) is 65.9 Å². The largest absolute Gasteiger partial charge is 0.465 e. The van der Waals surface area contributed by atoms with Gasteiger partial charge in [0.1, 0.15) is 6.61 Å². The van der Waals surface area contributed by atoms with E-state index in [0.717, 1.165) is 76.5 Å². The molecule has 0 aromatic carbocycles. The van der Waals surface area contributed by atoms with Crippen molar-refractivity contribution in [3.8, 4) is 0 Å². The van der Waals surface area contributed by atoms with Crippen molar-refractivity contribution in [3.05, 3.63) is 0 Å². The molecule has 0 atom stereocenters. The lowest BCUT2D eigenvalue weighted by molar-refractivity contribution is -0.156. The first kappa shape index (κ1) is 66.3. The Labute approximate surface area is 433 Å². The highest BCUT2D eigenvalue weighted by atomic mass is 16.5. The smallest absolute Gasteiger partial charge is 0.307 e. The van der Waals surface area contributed by atoms with E-state index in [1.54, 1.807) is 0 Å². The highest BCUT2D eigenvalue weighted by Crippen LogP contribution is 2.24. The van der Waals surface area contributed by atoms with Crippen LogP contribution in [0, 0.1) is 23.2 Å². The lowest BCUT2D eigenvalue weighted by Crippen LogP contribution is -2.42. The van der Waals surface area contributed by atoms with E-state index in [9.17, 15) is 4.79 Å². The molecule has 1 aliphatic rings. The maximum absolute atomic E-state index is 13.2. The number of ether oxygens (including phenoxy) is 4. The number of carbonyl (C=O) groups is 1. The summed E-state index contributed by atoms with van der Waals surface area (Å²) >= 11 is 0. The van der Waals surface area contributed by atoms with Crippen LogP contribution >= 0.6 is 0 Å². The van der Waals surface area contributed by atoms with Crippen LogP contribution in [0.15, 0.2) is 0 Å². The third kappa shape index (κ3) is 48.0. The first-order valence-corrected chi connectivity index (χ1v) is 31.3. The van der Waals surface area contributed by atoms with Crippen LogP contribution in [0.1, 0.15) is 311 Å². The maximum Gasteiger partial charge on any atom is 0.307 e. The number of nitrogens with zero attached hydrogens (tertiary/aromatic N) is 1. The van der Waals surface area contributed by atoms with Crippen LogP contribution in [0.3, 0.4) is 0 Å². The molecular weight excluding hydrogens is 851 g/mol. The molecule has 0 N–H and O–H groups in total. The Morgan fingerprint density at radius 2 is 0.609 bits per heavy atom. The van der Waals surface area contributed by atoms with Crippen LogP contribution in [-0.2, 0) is 23.7 Å². The SMILES string of the molecule is CC(C)CCCCCCCCCCCCCCOCC(COCCCCCCCCCCCCCCC(C)C)(COCCCCCCCCCCCCCCC(C)C)COC(=O)CCN1CCCC1. The fourth-order valence-corrected chi connectivity index (χ4v) is 10.3. The molecule has 1 saturated heterocycles. The third-order valence-electron chi connectivity index (χ3n) is 15.1. The Bertz CT molecular complexity index is 929. The van der Waals surface area contributed by atoms with E-state index in [1.807, 2.05) is 0 Å². The maximum atomic E-state index is 13.2. The molecule has 1 heterocycles. The molecule has 0 aromatic heterocycles. The highest BCUT2D eigenvalue weighted by Gasteiger charge is 2.34. The fourth-order valence-electron chi connectivity index (χ4n) is 10.3. The molecule has 0 amide bonds. The number of rotatable bonds is 56. The van der Waals surface area contributed by atoms with Gasteiger partial charge in [-0.15, -0.1) is 0 Å². The summed E-state index contributed by atoms with van der Waals surface area (Å²) in [5, 5.41) is 0. The standard InChI is InChI=1S/C63H125NO5/c1-59(2)45-37-31-25-19-13-7-10-16-22-28-34-42-52-66-55-63(58-69-62(65)48-51-64-49-40-41-50-64,56-67-53-43-35-29-23-17-11-8-14-20-26-32-38-46-60(3)4)57-68-54-44-36-30-24-18-12-9-15-21-27-33-39-47-61(5)6/h59-61H,7-58H2,1-6H3. The van der Waals surface area contributed by atoms with E-state index in [0.29, 0.717) is 32.8 Å². The Balaban J connectivity index is 2.54. The van der Waals surface area contributed by atoms with Crippen LogP contribution < -0.4 is 0 Å². The van der Waals surface area contributed by atoms with Crippen LogP contribution in [0.25, 0.3) is 0 Å². The molecule has 6 heteroatoms. The van der Waals surface area contributed by atoms with Crippen molar-refractivity contribution >= 4 is 5.97 Å². The molecule has 0 saturated carbocycles. The molecule has 412 valence electrons. The van der Waals surface area contributed by atoms with E-state index in [4.69, 9.17) is 18.9 Å². The summed E-state index contributed by atoms with van der Waals surface area (Å²) in [6.45, 7) is 21.1. The molecule has 0 aliphatic carbocycles. The molecule has 0 unspecified atom stereocenters. The minimum Gasteiger partial charge on any atom is -0.465 e. The molecule has 0 radical (unpaired) electrons.